The van der Waals surface area contributed by atoms with Crippen molar-refractivity contribution in [2.75, 3.05) is 6.54 Å². The number of rotatable bonds is 14. The summed E-state index contributed by atoms with van der Waals surface area (Å²) in [6.45, 7) is 6.90. The van der Waals surface area contributed by atoms with Gasteiger partial charge in [-0.15, -0.1) is 0 Å². The lowest BCUT2D eigenvalue weighted by Gasteiger charge is -2.33. The second kappa shape index (κ2) is 13.8. The van der Waals surface area contributed by atoms with Gasteiger partial charge < -0.3 is 20.6 Å². The summed E-state index contributed by atoms with van der Waals surface area (Å²) in [5.41, 5.74) is 0. The molecule has 212 valence electrons. The van der Waals surface area contributed by atoms with Crippen molar-refractivity contribution < 1.29 is 42.7 Å². The Balaban J connectivity index is 2.17. The van der Waals surface area contributed by atoms with Crippen LogP contribution < -0.4 is 10.6 Å². The van der Waals surface area contributed by atoms with E-state index in [1.54, 1.807) is 6.92 Å². The zero-order valence-electron chi connectivity index (χ0n) is 22.6. The number of quaternary nitrogens is 1. The Morgan fingerprint density at radius 2 is 1.65 bits per heavy atom. The molecule has 6 atom stereocenters. The molecule has 12 heteroatoms. The van der Waals surface area contributed by atoms with E-state index in [0.29, 0.717) is 38.5 Å². The number of carbonyl (C=O) groups excluding carboxylic acids is 3. The van der Waals surface area contributed by atoms with Gasteiger partial charge in [0, 0.05) is 18.8 Å². The highest BCUT2D eigenvalue weighted by molar-refractivity contribution is 7.53. The molecule has 1 aliphatic heterocycles. The molecule has 11 nitrogen and oxygen atoms in total. The van der Waals surface area contributed by atoms with Gasteiger partial charge in [0.1, 0.15) is 17.9 Å². The molecule has 0 aromatic heterocycles. The molecule has 4 unspecified atom stereocenters. The van der Waals surface area contributed by atoms with E-state index in [0.717, 1.165) is 25.7 Å². The maximum absolute atomic E-state index is 13.4. The first kappa shape index (κ1) is 31.4. The van der Waals surface area contributed by atoms with Crippen molar-refractivity contribution in [2.45, 2.75) is 122 Å². The molecule has 0 aromatic rings. The Labute approximate surface area is 219 Å². The molecule has 37 heavy (non-hydrogen) atoms. The van der Waals surface area contributed by atoms with Crippen LogP contribution in [0.25, 0.3) is 0 Å². The van der Waals surface area contributed by atoms with Crippen LogP contribution in [0.2, 0.25) is 0 Å². The van der Waals surface area contributed by atoms with Gasteiger partial charge in [-0.3, -0.25) is 18.7 Å². The van der Waals surface area contributed by atoms with Crippen LogP contribution in [0, 0.1) is 5.92 Å². The molecule has 0 radical (unpaired) electrons. The fourth-order valence-corrected chi connectivity index (χ4v) is 6.56. The van der Waals surface area contributed by atoms with Crippen molar-refractivity contribution >= 4 is 31.4 Å². The quantitative estimate of drug-likeness (QED) is 0.189. The lowest BCUT2D eigenvalue weighted by molar-refractivity contribution is -0.793. The van der Waals surface area contributed by atoms with E-state index in [-0.39, 0.29) is 24.8 Å². The summed E-state index contributed by atoms with van der Waals surface area (Å²) in [7, 11) is -4.60. The minimum Gasteiger partial charge on any atom is -0.435 e. The maximum atomic E-state index is 13.4. The summed E-state index contributed by atoms with van der Waals surface area (Å²) in [6, 6.07) is -1.33. The lowest BCUT2D eigenvalue weighted by atomic mass is 9.84. The smallest absolute Gasteiger partial charge is 0.435 e. The number of carboxylic acid groups (broad SMARTS) is 1. The summed E-state index contributed by atoms with van der Waals surface area (Å²) in [5.74, 6) is -2.95. The highest BCUT2D eigenvalue weighted by Gasteiger charge is 2.55. The van der Waals surface area contributed by atoms with E-state index in [1.165, 1.54) is 6.92 Å². The highest BCUT2D eigenvalue weighted by Crippen LogP contribution is 2.50. The van der Waals surface area contributed by atoms with Crippen LogP contribution in [0.5, 0.6) is 0 Å². The second-order valence-corrected chi connectivity index (χ2v) is 12.5. The number of unbranched alkanes of at least 4 members (excludes halogenated alkanes) is 2. The molecule has 1 saturated carbocycles. The van der Waals surface area contributed by atoms with Crippen molar-refractivity contribution in [2.24, 2.45) is 5.92 Å². The number of imide groups is 1. The Hall–Kier alpha value is -1.81. The third kappa shape index (κ3) is 7.62. The van der Waals surface area contributed by atoms with E-state index in [9.17, 15) is 33.7 Å². The van der Waals surface area contributed by atoms with Gasteiger partial charge in [-0.05, 0) is 39.5 Å². The SMILES string of the molecule is CCCCC(NC(=O)C1CCC1)C(=O)N[C@H](CCCC)P(=O)(O)OC(C)C(=O)[N+]1(C(=O)O)CCC[C@H]1C. The van der Waals surface area contributed by atoms with Gasteiger partial charge >= 0.3 is 19.6 Å². The molecule has 0 bridgehead atoms. The number of hydrogen-bond acceptors (Lipinski definition) is 6. The molecule has 2 rings (SSSR count). The van der Waals surface area contributed by atoms with E-state index < -0.39 is 54.0 Å². The van der Waals surface area contributed by atoms with E-state index in [1.807, 2.05) is 13.8 Å². The zero-order chi connectivity index (χ0) is 27.8. The summed E-state index contributed by atoms with van der Waals surface area (Å²) in [4.78, 5) is 61.9. The van der Waals surface area contributed by atoms with Crippen molar-refractivity contribution in [1.29, 1.82) is 0 Å². The molecule has 1 saturated heterocycles. The maximum Gasteiger partial charge on any atom is 0.521 e. The lowest BCUT2D eigenvalue weighted by Crippen LogP contribution is -2.61. The molecule has 4 amide bonds. The van der Waals surface area contributed by atoms with E-state index >= 15 is 0 Å². The first-order valence-electron chi connectivity index (χ1n) is 13.7. The van der Waals surface area contributed by atoms with E-state index in [2.05, 4.69) is 10.6 Å². The number of likely N-dealkylation sites (tertiary alicyclic amines) is 1. The average molecular weight is 547 g/mol. The first-order valence-corrected chi connectivity index (χ1v) is 15.3. The Morgan fingerprint density at radius 1 is 1.03 bits per heavy atom. The van der Waals surface area contributed by atoms with Crippen LogP contribution in [-0.2, 0) is 23.5 Å². The molecule has 2 fully saturated rings. The van der Waals surface area contributed by atoms with Crippen molar-refractivity contribution in [3.8, 4) is 0 Å². The largest absolute Gasteiger partial charge is 0.521 e. The van der Waals surface area contributed by atoms with Gasteiger partial charge in [-0.1, -0.05) is 46.0 Å². The highest BCUT2D eigenvalue weighted by atomic mass is 31.2. The minimum absolute atomic E-state index is 0.0918. The first-order chi connectivity index (χ1) is 17.4. The third-order valence-electron chi connectivity index (χ3n) is 7.77. The fraction of sp³-hybridized carbons (Fsp3) is 0.840. The number of amides is 4. The number of carbonyl (C=O) groups is 4. The zero-order valence-corrected chi connectivity index (χ0v) is 23.5. The normalized spacial score (nSPS) is 25.8. The van der Waals surface area contributed by atoms with Gasteiger partial charge in [0.25, 0.3) is 0 Å². The predicted molar refractivity (Wildman–Crippen MR) is 137 cm³/mol. The fourth-order valence-electron chi connectivity index (χ4n) is 5.07. The van der Waals surface area contributed by atoms with Crippen molar-refractivity contribution in [1.82, 2.24) is 10.6 Å². The van der Waals surface area contributed by atoms with Crippen LogP contribution in [-0.4, -0.2) is 68.8 Å². The summed E-state index contributed by atoms with van der Waals surface area (Å²) < 4.78 is 17.9. The van der Waals surface area contributed by atoms with Crippen LogP contribution in [0.3, 0.4) is 0 Å². The van der Waals surface area contributed by atoms with Crippen LogP contribution >= 0.6 is 7.60 Å². The minimum atomic E-state index is -4.60. The standard InChI is InChI=1S/C25H44N3O8P/c1-5-7-14-20(26-22(29)19-12-9-13-19)23(30)27-21(15-8-6-2)37(34,35)36-18(4)24(31)28(25(32)33)16-10-11-17(28)3/h17-21H,5-16H2,1-4H3,(H3-,26,27,29,30,32,33,34,35)/p+1/t17-,18?,20?,21+,28?/m1/s1. The average Bonchev–Trinajstić information content (AvgIpc) is 3.19. The van der Waals surface area contributed by atoms with Gasteiger partial charge in [0.15, 0.2) is 6.10 Å². The third-order valence-corrected chi connectivity index (χ3v) is 9.56. The Kier molecular flexibility index (Phi) is 11.7. The molecule has 2 aliphatic rings. The van der Waals surface area contributed by atoms with Crippen LogP contribution in [0.1, 0.15) is 98.3 Å². The van der Waals surface area contributed by atoms with Gasteiger partial charge in [0.05, 0.1) is 6.54 Å². The molecule has 1 aliphatic carbocycles. The van der Waals surface area contributed by atoms with Crippen molar-refractivity contribution in [3.05, 3.63) is 0 Å². The summed E-state index contributed by atoms with van der Waals surface area (Å²) >= 11 is 0. The van der Waals surface area contributed by atoms with Crippen molar-refractivity contribution in [3.63, 3.8) is 0 Å². The molecule has 4 N–H and O–H groups in total. The molecular formula is C25H45N3O8P+. The Bertz CT molecular complexity index is 880. The number of hydrogen-bond donors (Lipinski definition) is 4. The predicted octanol–water partition coefficient (Wildman–Crippen LogP) is 3.89. The van der Waals surface area contributed by atoms with Gasteiger partial charge in [-0.25, -0.2) is 4.79 Å². The number of nitrogens with zero attached hydrogens (tertiary/aromatic N) is 1. The van der Waals surface area contributed by atoms with E-state index in [4.69, 9.17) is 4.52 Å². The van der Waals surface area contributed by atoms with Crippen LogP contribution in [0.15, 0.2) is 0 Å². The van der Waals surface area contributed by atoms with Gasteiger partial charge in [-0.2, -0.15) is 9.28 Å². The Morgan fingerprint density at radius 3 is 2.14 bits per heavy atom. The topological polar surface area (TPSA) is 159 Å². The molecule has 0 aromatic carbocycles. The molecular weight excluding hydrogens is 501 g/mol. The molecule has 1 heterocycles. The summed E-state index contributed by atoms with van der Waals surface area (Å²) in [6.07, 6.45) is 4.08. The van der Waals surface area contributed by atoms with Crippen LogP contribution in [0.4, 0.5) is 4.79 Å². The summed E-state index contributed by atoms with van der Waals surface area (Å²) in [5, 5.41) is 15.2. The van der Waals surface area contributed by atoms with Gasteiger partial charge in [0.2, 0.25) is 11.8 Å². The number of nitrogens with one attached hydrogen (secondary N) is 2. The molecule has 0 spiro atoms. The second-order valence-electron chi connectivity index (χ2n) is 10.5. The monoisotopic (exact) mass is 546 g/mol.